The highest BCUT2D eigenvalue weighted by molar-refractivity contribution is 7.11. The number of esters is 1. The van der Waals surface area contributed by atoms with E-state index in [1.165, 1.54) is 17.4 Å². The lowest BCUT2D eigenvalue weighted by Gasteiger charge is -2.37. The third-order valence-corrected chi connectivity index (χ3v) is 5.42. The van der Waals surface area contributed by atoms with Crippen molar-refractivity contribution < 1.29 is 18.7 Å². The summed E-state index contributed by atoms with van der Waals surface area (Å²) in [6, 6.07) is -0.0721. The number of likely N-dealkylation sites (tertiary alicyclic amines) is 1. The summed E-state index contributed by atoms with van der Waals surface area (Å²) in [7, 11) is 0. The molecule has 2 atom stereocenters. The van der Waals surface area contributed by atoms with E-state index in [4.69, 9.17) is 4.74 Å². The zero-order valence-electron chi connectivity index (χ0n) is 15.6. The van der Waals surface area contributed by atoms with Crippen LogP contribution in [0.5, 0.6) is 0 Å². The Hall–Kier alpha value is -2.39. The van der Waals surface area contributed by atoms with E-state index in [0.29, 0.717) is 36.5 Å². The third-order valence-electron chi connectivity index (χ3n) is 4.64. The zero-order chi connectivity index (χ0) is 19.9. The Bertz CT molecular complexity index is 791. The summed E-state index contributed by atoms with van der Waals surface area (Å²) < 4.78 is 19.2. The van der Waals surface area contributed by atoms with E-state index in [2.05, 4.69) is 15.3 Å². The Morgan fingerprint density at radius 3 is 3.07 bits per heavy atom. The molecule has 7 nitrogen and oxygen atoms in total. The van der Waals surface area contributed by atoms with Crippen LogP contribution in [0.25, 0.3) is 0 Å². The van der Waals surface area contributed by atoms with Gasteiger partial charge in [-0.25, -0.2) is 14.2 Å². The first kappa shape index (κ1) is 20.3. The zero-order valence-corrected chi connectivity index (χ0v) is 16.5. The molecule has 2 aliphatic rings. The van der Waals surface area contributed by atoms with Gasteiger partial charge in [0.05, 0.1) is 18.7 Å². The molecular weight excluding hydrogens is 383 g/mol. The number of piperidine rings is 1. The fourth-order valence-corrected chi connectivity index (χ4v) is 3.91. The maximum atomic E-state index is 14.1. The predicted octanol–water partition coefficient (Wildman–Crippen LogP) is 1.87. The second-order valence-corrected chi connectivity index (χ2v) is 7.39. The number of carbonyl (C=O) groups excluding carboxylic acids is 2. The van der Waals surface area contributed by atoms with Gasteiger partial charge in [-0.2, -0.15) is 0 Å². The smallest absolute Gasteiger partial charge is 0.337 e. The molecule has 1 saturated heterocycles. The van der Waals surface area contributed by atoms with E-state index in [-0.39, 0.29) is 25.7 Å². The SMILES string of the molecule is CCOC(=O)C1=C(CN2CC(F)CCC2/C=C/C=O)NC(c2nccs2)=NC1. The molecular formula is C19H23FN4O3S. The molecule has 3 rings (SSSR count). The molecule has 150 valence electrons. The average Bonchev–Trinajstić information content (AvgIpc) is 3.22. The number of aldehydes is 1. The van der Waals surface area contributed by atoms with Crippen molar-refractivity contribution in [3.63, 3.8) is 0 Å². The number of aromatic nitrogens is 1. The van der Waals surface area contributed by atoms with Crippen LogP contribution in [-0.2, 0) is 14.3 Å². The van der Waals surface area contributed by atoms with Crippen LogP contribution in [0.2, 0.25) is 0 Å². The fourth-order valence-electron chi connectivity index (χ4n) is 3.31. The Labute approximate surface area is 167 Å². The maximum Gasteiger partial charge on any atom is 0.337 e. The highest BCUT2D eigenvalue weighted by Gasteiger charge is 2.30. The molecule has 0 spiro atoms. The average molecular weight is 406 g/mol. The van der Waals surface area contributed by atoms with E-state index in [1.54, 1.807) is 19.2 Å². The summed E-state index contributed by atoms with van der Waals surface area (Å²) in [5.74, 6) is 0.160. The van der Waals surface area contributed by atoms with Crippen molar-refractivity contribution in [2.75, 3.05) is 26.2 Å². The monoisotopic (exact) mass is 406 g/mol. The van der Waals surface area contributed by atoms with Crippen LogP contribution in [0.4, 0.5) is 4.39 Å². The number of hydrogen-bond acceptors (Lipinski definition) is 8. The second-order valence-electron chi connectivity index (χ2n) is 6.50. The number of ether oxygens (including phenoxy) is 1. The Morgan fingerprint density at radius 1 is 1.50 bits per heavy atom. The van der Waals surface area contributed by atoms with E-state index in [1.807, 2.05) is 10.3 Å². The number of allylic oxidation sites excluding steroid dienone is 1. The standard InChI is InChI=1S/C19H23FN4O3S/c1-2-27-19(26)15-10-22-17(18-21-7-9-28-18)23-16(15)12-24-11-13(20)5-6-14(24)4-3-8-25/h3-4,7-9,13-14H,2,5-6,10-12H2,1H3,(H,22,23)/b4-3+. The van der Waals surface area contributed by atoms with Crippen LogP contribution in [0, 0.1) is 0 Å². The Kier molecular flexibility index (Phi) is 7.05. The Balaban J connectivity index is 1.84. The van der Waals surface area contributed by atoms with Gasteiger partial charge in [-0.15, -0.1) is 11.3 Å². The molecule has 2 aliphatic heterocycles. The molecule has 1 N–H and O–H groups in total. The van der Waals surface area contributed by atoms with Gasteiger partial charge in [0.15, 0.2) is 10.8 Å². The maximum absolute atomic E-state index is 14.1. The van der Waals surface area contributed by atoms with Gasteiger partial charge in [0.1, 0.15) is 12.5 Å². The highest BCUT2D eigenvalue weighted by atomic mass is 32.1. The van der Waals surface area contributed by atoms with E-state index in [9.17, 15) is 14.0 Å². The normalized spacial score (nSPS) is 23.4. The Morgan fingerprint density at radius 2 is 2.36 bits per heavy atom. The first-order valence-corrected chi connectivity index (χ1v) is 10.1. The molecule has 1 aromatic rings. The lowest BCUT2D eigenvalue weighted by Crippen LogP contribution is -2.47. The first-order valence-electron chi connectivity index (χ1n) is 9.23. The molecule has 0 saturated carbocycles. The molecule has 9 heteroatoms. The molecule has 28 heavy (non-hydrogen) atoms. The minimum absolute atomic E-state index is 0.0721. The van der Waals surface area contributed by atoms with Crippen molar-refractivity contribution >= 4 is 29.4 Å². The number of rotatable bonds is 7. The molecule has 0 aromatic carbocycles. The van der Waals surface area contributed by atoms with Crippen molar-refractivity contribution in [3.8, 4) is 0 Å². The summed E-state index contributed by atoms with van der Waals surface area (Å²) in [6.45, 7) is 2.75. The number of nitrogens with zero attached hydrogens (tertiary/aromatic N) is 3. The molecule has 1 fully saturated rings. The number of amidine groups is 1. The summed E-state index contributed by atoms with van der Waals surface area (Å²) in [4.78, 5) is 33.7. The van der Waals surface area contributed by atoms with Crippen LogP contribution in [0.3, 0.4) is 0 Å². The second kappa shape index (κ2) is 9.70. The van der Waals surface area contributed by atoms with Crippen molar-refractivity contribution in [1.29, 1.82) is 0 Å². The number of alkyl halides is 1. The van der Waals surface area contributed by atoms with Crippen LogP contribution < -0.4 is 5.32 Å². The van der Waals surface area contributed by atoms with Crippen LogP contribution in [0.15, 0.2) is 40.0 Å². The van der Waals surface area contributed by atoms with Gasteiger partial charge in [0.25, 0.3) is 0 Å². The first-order chi connectivity index (χ1) is 13.6. The number of carbonyl (C=O) groups is 2. The number of nitrogens with one attached hydrogen (secondary N) is 1. The number of thiazole rings is 1. The number of hydrogen-bond donors (Lipinski definition) is 1. The van der Waals surface area contributed by atoms with Gasteiger partial charge >= 0.3 is 5.97 Å². The van der Waals surface area contributed by atoms with Crippen molar-refractivity contribution in [3.05, 3.63) is 40.0 Å². The summed E-state index contributed by atoms with van der Waals surface area (Å²) in [5, 5.41) is 5.77. The molecule has 0 amide bonds. The number of aliphatic imine (C=N–C) groups is 1. The number of halogens is 1. The fraction of sp³-hybridized carbons (Fsp3) is 0.474. The van der Waals surface area contributed by atoms with Gasteiger partial charge in [-0.3, -0.25) is 14.7 Å². The summed E-state index contributed by atoms with van der Waals surface area (Å²) in [5.41, 5.74) is 1.07. The van der Waals surface area contributed by atoms with Crippen LogP contribution in [-0.4, -0.2) is 66.4 Å². The van der Waals surface area contributed by atoms with Crippen molar-refractivity contribution in [2.24, 2.45) is 4.99 Å². The van der Waals surface area contributed by atoms with Gasteiger partial charge in [0, 0.05) is 36.4 Å². The van der Waals surface area contributed by atoms with E-state index >= 15 is 0 Å². The summed E-state index contributed by atoms with van der Waals surface area (Å²) in [6.07, 6.45) is 5.75. The molecule has 2 unspecified atom stereocenters. The highest BCUT2D eigenvalue weighted by Crippen LogP contribution is 2.23. The molecule has 0 bridgehead atoms. The predicted molar refractivity (Wildman–Crippen MR) is 105 cm³/mol. The molecule has 1 aromatic heterocycles. The lowest BCUT2D eigenvalue weighted by atomic mass is 9.99. The van der Waals surface area contributed by atoms with Crippen molar-refractivity contribution in [2.45, 2.75) is 32.0 Å². The van der Waals surface area contributed by atoms with Gasteiger partial charge in [0.2, 0.25) is 0 Å². The van der Waals surface area contributed by atoms with E-state index in [0.717, 1.165) is 11.3 Å². The van der Waals surface area contributed by atoms with Gasteiger partial charge in [-0.1, -0.05) is 6.08 Å². The van der Waals surface area contributed by atoms with Gasteiger partial charge in [-0.05, 0) is 25.8 Å². The minimum Gasteiger partial charge on any atom is -0.463 e. The lowest BCUT2D eigenvalue weighted by molar-refractivity contribution is -0.138. The van der Waals surface area contributed by atoms with Gasteiger partial charge < -0.3 is 10.1 Å². The summed E-state index contributed by atoms with van der Waals surface area (Å²) >= 11 is 1.44. The van der Waals surface area contributed by atoms with Crippen molar-refractivity contribution in [1.82, 2.24) is 15.2 Å². The molecule has 0 aliphatic carbocycles. The topological polar surface area (TPSA) is 83.9 Å². The third kappa shape index (κ3) is 4.90. The van der Waals surface area contributed by atoms with Crippen LogP contribution in [0.1, 0.15) is 24.8 Å². The van der Waals surface area contributed by atoms with Crippen LogP contribution >= 0.6 is 11.3 Å². The van der Waals surface area contributed by atoms with E-state index < -0.39 is 12.1 Å². The minimum atomic E-state index is -0.941. The largest absolute Gasteiger partial charge is 0.463 e. The quantitative estimate of drug-likeness (QED) is 0.423. The molecule has 0 radical (unpaired) electrons. The molecule has 3 heterocycles.